The molecule has 0 aliphatic carbocycles. The van der Waals surface area contributed by atoms with Crippen LogP contribution in [0.2, 0.25) is 0 Å². The molecule has 0 aromatic heterocycles. The molecule has 0 bridgehead atoms. The second-order valence-electron chi connectivity index (χ2n) is 3.99. The van der Waals surface area contributed by atoms with Crippen molar-refractivity contribution in [1.29, 1.82) is 0 Å². The van der Waals surface area contributed by atoms with E-state index in [1.807, 2.05) is 0 Å². The number of benzene rings is 1. The van der Waals surface area contributed by atoms with Crippen LogP contribution in [0.5, 0.6) is 0 Å². The number of quaternary nitrogens is 1. The molecule has 0 fully saturated rings. The summed E-state index contributed by atoms with van der Waals surface area (Å²) in [6, 6.07) is 8.63. The van der Waals surface area contributed by atoms with Gasteiger partial charge in [0.1, 0.15) is 5.69 Å². The van der Waals surface area contributed by atoms with Crippen molar-refractivity contribution in [2.24, 2.45) is 0 Å². The molecule has 0 N–H and O–H groups in total. The number of nitrogens with zero attached hydrogens (tertiary/aromatic N) is 1. The molecule has 1 rings (SSSR count). The minimum atomic E-state index is 0. The van der Waals surface area contributed by atoms with E-state index >= 15 is 0 Å². The fourth-order valence-electron chi connectivity index (χ4n) is 1.46. The zero-order chi connectivity index (χ0) is 9.19. The summed E-state index contributed by atoms with van der Waals surface area (Å²) in [7, 11) is 6.61. The van der Waals surface area contributed by atoms with Crippen molar-refractivity contribution >= 4 is 29.6 Å². The quantitative estimate of drug-likeness (QED) is 0.562. The first kappa shape index (κ1) is 13.0. The number of rotatable bonds is 2. The molecule has 2 heteroatoms. The Balaban J connectivity index is 0.00000144. The van der Waals surface area contributed by atoms with Gasteiger partial charge in [-0.1, -0.05) is 25.1 Å². The van der Waals surface area contributed by atoms with E-state index in [2.05, 4.69) is 52.3 Å². The molecule has 0 aliphatic heterocycles. The maximum atomic E-state index is 2.21. The van der Waals surface area contributed by atoms with Crippen molar-refractivity contribution in [1.82, 2.24) is 4.48 Å². The van der Waals surface area contributed by atoms with Crippen molar-refractivity contribution in [2.75, 3.05) is 21.1 Å². The van der Waals surface area contributed by atoms with Crippen molar-refractivity contribution in [2.45, 2.75) is 13.3 Å². The molecular formula is C11H22NSn+. The Morgan fingerprint density at radius 2 is 1.62 bits per heavy atom. The second kappa shape index (κ2) is 5.01. The molecule has 0 spiro atoms. The van der Waals surface area contributed by atoms with E-state index in [0.29, 0.717) is 0 Å². The summed E-state index contributed by atoms with van der Waals surface area (Å²) >= 11 is 0. The van der Waals surface area contributed by atoms with Crippen molar-refractivity contribution in [3.8, 4) is 0 Å². The molecule has 1 aromatic carbocycles. The van der Waals surface area contributed by atoms with Gasteiger partial charge in [-0.05, 0) is 12.5 Å². The Hall–Kier alpha value is -0.0213. The monoisotopic (exact) mass is 288 g/mol. The Bertz CT molecular complexity index is 263. The van der Waals surface area contributed by atoms with Crippen LogP contribution in [-0.2, 0) is 6.42 Å². The first-order chi connectivity index (χ1) is 5.55. The van der Waals surface area contributed by atoms with Crippen molar-refractivity contribution in [3.05, 3.63) is 29.8 Å². The number of hydrogen-bond donors (Lipinski definition) is 0. The molecule has 0 atom stereocenters. The van der Waals surface area contributed by atoms with Gasteiger partial charge < -0.3 is 0 Å². The molecule has 0 unspecified atom stereocenters. The Kier molecular flexibility index (Phi) is 5.00. The normalized spacial score (nSPS) is 10.8. The zero-order valence-corrected chi connectivity index (χ0v) is 8.46. The van der Waals surface area contributed by atoms with Crippen molar-refractivity contribution in [3.63, 3.8) is 0 Å². The van der Waals surface area contributed by atoms with Gasteiger partial charge in [0.05, 0.1) is 21.1 Å². The Morgan fingerprint density at radius 3 is 2.00 bits per heavy atom. The van der Waals surface area contributed by atoms with Crippen LogP contribution >= 0.6 is 0 Å². The third-order valence-electron chi connectivity index (χ3n) is 2.10. The molecule has 1 nitrogen and oxygen atoms in total. The summed E-state index contributed by atoms with van der Waals surface area (Å²) in [5.41, 5.74) is 2.87. The van der Waals surface area contributed by atoms with Gasteiger partial charge in [0.2, 0.25) is 0 Å². The second-order valence-corrected chi connectivity index (χ2v) is 3.99. The predicted molar refractivity (Wildman–Crippen MR) is 66.7 cm³/mol. The van der Waals surface area contributed by atoms with Gasteiger partial charge >= 0.3 is 23.9 Å². The van der Waals surface area contributed by atoms with Gasteiger partial charge in [0, 0.05) is 5.56 Å². The first-order valence-corrected chi connectivity index (χ1v) is 4.45. The SMILES string of the molecule is CCc1ccccc1[N+](C)(C)C.[SnH4]. The molecule has 13 heavy (non-hydrogen) atoms. The molecule has 0 aliphatic rings. The van der Waals surface area contributed by atoms with Gasteiger partial charge in [-0.3, -0.25) is 4.48 Å². The fraction of sp³-hybridized carbons (Fsp3) is 0.455. The number of aryl methyl sites for hydroxylation is 1. The molecule has 0 heterocycles. The summed E-state index contributed by atoms with van der Waals surface area (Å²) in [6.07, 6.45) is 1.12. The number of hydrogen-bond acceptors (Lipinski definition) is 0. The van der Waals surface area contributed by atoms with Crippen LogP contribution in [0.15, 0.2) is 24.3 Å². The summed E-state index contributed by atoms with van der Waals surface area (Å²) in [4.78, 5) is 0. The third-order valence-corrected chi connectivity index (χ3v) is 2.10. The minimum absolute atomic E-state index is 0. The van der Waals surface area contributed by atoms with Crippen LogP contribution in [0.1, 0.15) is 12.5 Å². The van der Waals surface area contributed by atoms with Crippen LogP contribution < -0.4 is 4.48 Å². The molecule has 0 saturated carbocycles. The average molecular weight is 287 g/mol. The third kappa shape index (κ3) is 3.31. The topological polar surface area (TPSA) is 0 Å². The summed E-state index contributed by atoms with van der Waals surface area (Å²) in [5.74, 6) is 0. The van der Waals surface area contributed by atoms with Crippen molar-refractivity contribution < 1.29 is 0 Å². The average Bonchev–Trinajstić information content (AvgIpc) is 2.03. The molecular weight excluding hydrogens is 265 g/mol. The van der Waals surface area contributed by atoms with Gasteiger partial charge in [0.15, 0.2) is 0 Å². The van der Waals surface area contributed by atoms with E-state index in [1.54, 1.807) is 0 Å². The van der Waals surface area contributed by atoms with E-state index in [0.717, 1.165) is 10.9 Å². The van der Waals surface area contributed by atoms with E-state index < -0.39 is 0 Å². The maximum absolute atomic E-state index is 2.21. The van der Waals surface area contributed by atoms with Crippen LogP contribution in [0.25, 0.3) is 0 Å². The van der Waals surface area contributed by atoms with E-state index in [-0.39, 0.29) is 23.9 Å². The first-order valence-electron chi connectivity index (χ1n) is 4.45. The van der Waals surface area contributed by atoms with E-state index in [1.165, 1.54) is 11.3 Å². The molecule has 0 amide bonds. The van der Waals surface area contributed by atoms with Gasteiger partial charge in [0.25, 0.3) is 0 Å². The van der Waals surface area contributed by atoms with Crippen LogP contribution in [0.4, 0.5) is 5.69 Å². The summed E-state index contributed by atoms with van der Waals surface area (Å²) < 4.78 is 0.907. The molecule has 1 aromatic rings. The Labute approximate surface area is 98.3 Å². The zero-order valence-electron chi connectivity index (χ0n) is 8.46. The van der Waals surface area contributed by atoms with Gasteiger partial charge in [-0.25, -0.2) is 0 Å². The standard InChI is InChI=1S/C11H18N.Sn.4H/c1-5-10-8-6-7-9-11(10)12(2,3)4;;;;;/h6-9H,5H2,1-4H3;;;;;/q+1;;;;;. The van der Waals surface area contributed by atoms with E-state index in [9.17, 15) is 0 Å². The molecule has 0 radical (unpaired) electrons. The molecule has 74 valence electrons. The van der Waals surface area contributed by atoms with Crippen LogP contribution in [-0.4, -0.2) is 45.1 Å². The molecule has 0 saturated heterocycles. The summed E-state index contributed by atoms with van der Waals surface area (Å²) in [5, 5.41) is 0. The fourth-order valence-corrected chi connectivity index (χ4v) is 1.46. The van der Waals surface area contributed by atoms with Crippen LogP contribution in [0, 0.1) is 0 Å². The predicted octanol–water partition coefficient (Wildman–Crippen LogP) is 0.994. The van der Waals surface area contributed by atoms with Gasteiger partial charge in [-0.15, -0.1) is 0 Å². The summed E-state index contributed by atoms with van der Waals surface area (Å²) in [6.45, 7) is 2.20. The Morgan fingerprint density at radius 1 is 1.08 bits per heavy atom. The number of para-hydroxylation sites is 1. The van der Waals surface area contributed by atoms with Crippen LogP contribution in [0.3, 0.4) is 0 Å². The van der Waals surface area contributed by atoms with E-state index in [4.69, 9.17) is 0 Å². The van der Waals surface area contributed by atoms with Gasteiger partial charge in [-0.2, -0.15) is 0 Å².